The average Bonchev–Trinajstić information content (AvgIpc) is 2.67. The highest BCUT2D eigenvalue weighted by Gasteiger charge is 2.37. The number of benzene rings is 1. The number of nitrogens with zero attached hydrogens (tertiary/aromatic N) is 3. The number of halogens is 3. The third kappa shape index (κ3) is 4.52. The van der Waals surface area contributed by atoms with E-state index in [0.717, 1.165) is 38.3 Å². The molecule has 1 aromatic heterocycles. The van der Waals surface area contributed by atoms with Gasteiger partial charge in [0.05, 0.1) is 0 Å². The van der Waals surface area contributed by atoms with Crippen LogP contribution in [0.5, 0.6) is 0 Å². The fraction of sp³-hybridized carbons (Fsp3) is 0.421. The van der Waals surface area contributed by atoms with Gasteiger partial charge in [0.1, 0.15) is 11.4 Å². The molecule has 28 heavy (non-hydrogen) atoms. The molecular formula is C19H22F3N5O. The first-order valence-corrected chi connectivity index (χ1v) is 9.09. The van der Waals surface area contributed by atoms with E-state index in [1.807, 2.05) is 0 Å². The molecule has 0 unspecified atom stereocenters. The second kappa shape index (κ2) is 8.04. The molecule has 1 heterocycles. The number of nitrogens with one attached hydrogen (secondary N) is 1. The van der Waals surface area contributed by atoms with Gasteiger partial charge < -0.3 is 16.0 Å². The molecule has 0 bridgehead atoms. The van der Waals surface area contributed by atoms with Crippen molar-refractivity contribution in [1.29, 1.82) is 0 Å². The van der Waals surface area contributed by atoms with E-state index in [4.69, 9.17) is 5.73 Å². The molecule has 1 aliphatic carbocycles. The maximum Gasteiger partial charge on any atom is 0.421 e. The highest BCUT2D eigenvalue weighted by Crippen LogP contribution is 2.37. The van der Waals surface area contributed by atoms with Gasteiger partial charge in [0, 0.05) is 30.5 Å². The van der Waals surface area contributed by atoms with Crippen molar-refractivity contribution < 1.29 is 18.0 Å². The zero-order valence-corrected chi connectivity index (χ0v) is 15.5. The third-order valence-corrected chi connectivity index (χ3v) is 4.96. The van der Waals surface area contributed by atoms with Gasteiger partial charge >= 0.3 is 6.18 Å². The summed E-state index contributed by atoms with van der Waals surface area (Å²) in [6.07, 6.45) is 1.05. The zero-order chi connectivity index (χ0) is 20.3. The number of primary amides is 1. The fourth-order valence-electron chi connectivity index (χ4n) is 3.39. The minimum absolute atomic E-state index is 0.0208. The Morgan fingerprint density at radius 3 is 2.39 bits per heavy atom. The monoisotopic (exact) mass is 393 g/mol. The molecule has 1 aliphatic rings. The van der Waals surface area contributed by atoms with Crippen LogP contribution in [-0.4, -0.2) is 29.0 Å². The van der Waals surface area contributed by atoms with Crippen molar-refractivity contribution in [2.24, 2.45) is 5.73 Å². The van der Waals surface area contributed by atoms with Crippen molar-refractivity contribution in [1.82, 2.24) is 9.97 Å². The number of nitrogens with two attached hydrogens (primary N) is 1. The molecule has 6 nitrogen and oxygen atoms in total. The maximum atomic E-state index is 13.5. The van der Waals surface area contributed by atoms with Crippen LogP contribution in [0.2, 0.25) is 0 Å². The van der Waals surface area contributed by atoms with Gasteiger partial charge in [0.15, 0.2) is 0 Å². The molecule has 9 heteroatoms. The Labute approximate surface area is 161 Å². The van der Waals surface area contributed by atoms with Crippen LogP contribution in [0.3, 0.4) is 0 Å². The number of amides is 1. The van der Waals surface area contributed by atoms with E-state index in [0.29, 0.717) is 11.3 Å². The largest absolute Gasteiger partial charge is 0.421 e. The lowest BCUT2D eigenvalue weighted by molar-refractivity contribution is -0.137. The van der Waals surface area contributed by atoms with Gasteiger partial charge in [-0.25, -0.2) is 4.98 Å². The summed E-state index contributed by atoms with van der Waals surface area (Å²) in [6, 6.07) is 6.23. The molecule has 1 amide bonds. The quantitative estimate of drug-likeness (QED) is 0.799. The molecular weight excluding hydrogens is 371 g/mol. The molecule has 1 aromatic carbocycles. The molecule has 1 saturated carbocycles. The van der Waals surface area contributed by atoms with E-state index in [9.17, 15) is 18.0 Å². The van der Waals surface area contributed by atoms with E-state index in [1.54, 1.807) is 24.1 Å². The van der Waals surface area contributed by atoms with Crippen LogP contribution in [0.25, 0.3) is 0 Å². The van der Waals surface area contributed by atoms with Crippen molar-refractivity contribution in [3.05, 3.63) is 41.6 Å². The zero-order valence-electron chi connectivity index (χ0n) is 15.5. The van der Waals surface area contributed by atoms with E-state index in [1.165, 1.54) is 12.1 Å². The van der Waals surface area contributed by atoms with Gasteiger partial charge in [0.2, 0.25) is 11.9 Å². The van der Waals surface area contributed by atoms with Gasteiger partial charge in [-0.2, -0.15) is 18.2 Å². The average molecular weight is 393 g/mol. The maximum absolute atomic E-state index is 13.5. The first-order chi connectivity index (χ1) is 13.3. The van der Waals surface area contributed by atoms with Crippen molar-refractivity contribution in [3.8, 4) is 0 Å². The van der Waals surface area contributed by atoms with Gasteiger partial charge in [-0.1, -0.05) is 19.3 Å². The van der Waals surface area contributed by atoms with Crippen molar-refractivity contribution in [3.63, 3.8) is 0 Å². The van der Waals surface area contributed by atoms with E-state index >= 15 is 0 Å². The molecule has 0 spiro atoms. The highest BCUT2D eigenvalue weighted by molar-refractivity contribution is 5.93. The second-order valence-corrected chi connectivity index (χ2v) is 6.90. The molecule has 0 saturated heterocycles. The molecule has 0 radical (unpaired) electrons. The van der Waals surface area contributed by atoms with Crippen LogP contribution >= 0.6 is 0 Å². The van der Waals surface area contributed by atoms with Gasteiger partial charge in [-0.05, 0) is 37.1 Å². The van der Waals surface area contributed by atoms with Crippen molar-refractivity contribution >= 4 is 23.4 Å². The van der Waals surface area contributed by atoms with Crippen LogP contribution in [0, 0.1) is 0 Å². The Morgan fingerprint density at radius 1 is 1.18 bits per heavy atom. The Morgan fingerprint density at radius 2 is 1.82 bits per heavy atom. The first kappa shape index (κ1) is 19.9. The molecule has 0 atom stereocenters. The minimum atomic E-state index is -4.54. The molecule has 0 aliphatic heterocycles. The lowest BCUT2D eigenvalue weighted by Crippen LogP contribution is -2.35. The number of carbonyl (C=O) groups excluding carboxylic acids is 1. The first-order valence-electron chi connectivity index (χ1n) is 9.09. The SMILES string of the molecule is CN(c1nc(Nc2ccc(C(N)=O)cc2)ncc1C(F)(F)F)C1CCCCC1. The Bertz CT molecular complexity index is 832. The summed E-state index contributed by atoms with van der Waals surface area (Å²) < 4.78 is 40.5. The summed E-state index contributed by atoms with van der Waals surface area (Å²) in [5.41, 5.74) is 5.22. The number of carbonyl (C=O) groups is 1. The molecule has 3 rings (SSSR count). The molecule has 150 valence electrons. The Hall–Kier alpha value is -2.84. The van der Waals surface area contributed by atoms with Crippen LogP contribution in [0.1, 0.15) is 48.0 Å². The summed E-state index contributed by atoms with van der Waals surface area (Å²) in [5.74, 6) is -0.642. The van der Waals surface area contributed by atoms with Gasteiger partial charge in [-0.15, -0.1) is 0 Å². The fourth-order valence-corrected chi connectivity index (χ4v) is 3.39. The smallest absolute Gasteiger partial charge is 0.366 e. The Kier molecular flexibility index (Phi) is 5.71. The lowest BCUT2D eigenvalue weighted by atomic mass is 9.94. The second-order valence-electron chi connectivity index (χ2n) is 6.90. The molecule has 2 aromatic rings. The number of anilines is 3. The summed E-state index contributed by atoms with van der Waals surface area (Å²) in [7, 11) is 1.65. The normalized spacial score (nSPS) is 15.3. The van der Waals surface area contributed by atoms with Gasteiger partial charge in [-0.3, -0.25) is 4.79 Å². The van der Waals surface area contributed by atoms with Crippen molar-refractivity contribution in [2.75, 3.05) is 17.3 Å². The standard InChI is InChI=1S/C19H22F3N5O/c1-27(14-5-3-2-4-6-14)17-15(19(20,21)22)11-24-18(26-17)25-13-9-7-12(8-10-13)16(23)28/h7-11,14H,2-6H2,1H3,(H2,23,28)(H,24,25,26). The third-order valence-electron chi connectivity index (χ3n) is 4.96. The molecule has 1 fully saturated rings. The summed E-state index contributed by atoms with van der Waals surface area (Å²) in [6.45, 7) is 0. The summed E-state index contributed by atoms with van der Waals surface area (Å²) >= 11 is 0. The van der Waals surface area contributed by atoms with E-state index in [-0.39, 0.29) is 17.8 Å². The summed E-state index contributed by atoms with van der Waals surface area (Å²) in [5, 5.41) is 2.88. The predicted molar refractivity (Wildman–Crippen MR) is 101 cm³/mol. The van der Waals surface area contributed by atoms with Crippen LogP contribution in [-0.2, 0) is 6.18 Å². The number of aromatic nitrogens is 2. The number of hydrogen-bond donors (Lipinski definition) is 2. The van der Waals surface area contributed by atoms with Crippen molar-refractivity contribution in [2.45, 2.75) is 44.3 Å². The van der Waals surface area contributed by atoms with Crippen LogP contribution in [0.4, 0.5) is 30.6 Å². The van der Waals surface area contributed by atoms with E-state index in [2.05, 4.69) is 15.3 Å². The highest BCUT2D eigenvalue weighted by atomic mass is 19.4. The number of hydrogen-bond acceptors (Lipinski definition) is 5. The molecule has 3 N–H and O–H groups in total. The topological polar surface area (TPSA) is 84.1 Å². The Balaban J connectivity index is 1.89. The predicted octanol–water partition coefficient (Wildman–Crippen LogP) is 4.11. The van der Waals surface area contributed by atoms with E-state index < -0.39 is 17.6 Å². The van der Waals surface area contributed by atoms with Gasteiger partial charge in [0.25, 0.3) is 0 Å². The van der Waals surface area contributed by atoms with Crippen LogP contribution < -0.4 is 16.0 Å². The van der Waals surface area contributed by atoms with Crippen LogP contribution in [0.15, 0.2) is 30.5 Å². The lowest BCUT2D eigenvalue weighted by Gasteiger charge is -2.33. The number of rotatable bonds is 5. The minimum Gasteiger partial charge on any atom is -0.366 e. The number of alkyl halides is 3. The summed E-state index contributed by atoms with van der Waals surface area (Å²) in [4.78, 5) is 20.7.